The Morgan fingerprint density at radius 3 is 1.55 bits per heavy atom. The quantitative estimate of drug-likeness (QED) is 0.856. The van der Waals surface area contributed by atoms with Crippen LogP contribution in [0.2, 0.25) is 0 Å². The SMILES string of the molecule is Cl.O=C1/C(=C/c2ccccc2)CNC/C1=C\c1ccccc1. The molecule has 1 aliphatic heterocycles. The number of nitrogens with one attached hydrogen (secondary N) is 1. The molecule has 0 unspecified atom stereocenters. The molecule has 22 heavy (non-hydrogen) atoms. The Hall–Kier alpha value is -2.16. The van der Waals surface area contributed by atoms with Crippen molar-refractivity contribution < 1.29 is 4.79 Å². The van der Waals surface area contributed by atoms with Crippen molar-refractivity contribution in [2.45, 2.75) is 0 Å². The number of carbonyl (C=O) groups is 1. The maximum Gasteiger partial charge on any atom is 0.187 e. The van der Waals surface area contributed by atoms with Crippen molar-refractivity contribution in [2.75, 3.05) is 13.1 Å². The van der Waals surface area contributed by atoms with Gasteiger partial charge in [-0.05, 0) is 23.3 Å². The van der Waals surface area contributed by atoms with Crippen LogP contribution in [0.3, 0.4) is 0 Å². The molecule has 1 saturated heterocycles. The zero-order valence-electron chi connectivity index (χ0n) is 12.2. The van der Waals surface area contributed by atoms with E-state index in [1.807, 2.05) is 72.8 Å². The fraction of sp³-hybridized carbons (Fsp3) is 0.105. The molecule has 0 aromatic heterocycles. The lowest BCUT2D eigenvalue weighted by Crippen LogP contribution is -2.32. The average molecular weight is 312 g/mol. The van der Waals surface area contributed by atoms with Gasteiger partial charge in [0.15, 0.2) is 5.78 Å². The van der Waals surface area contributed by atoms with Crippen LogP contribution in [0, 0.1) is 0 Å². The number of hydrogen-bond acceptors (Lipinski definition) is 2. The number of ketones is 1. The van der Waals surface area contributed by atoms with E-state index >= 15 is 0 Å². The highest BCUT2D eigenvalue weighted by Crippen LogP contribution is 2.17. The van der Waals surface area contributed by atoms with Gasteiger partial charge in [0.1, 0.15) is 0 Å². The van der Waals surface area contributed by atoms with Crippen LogP contribution in [0.5, 0.6) is 0 Å². The van der Waals surface area contributed by atoms with Gasteiger partial charge in [0, 0.05) is 24.2 Å². The van der Waals surface area contributed by atoms with Crippen molar-refractivity contribution in [3.8, 4) is 0 Å². The van der Waals surface area contributed by atoms with Crippen LogP contribution in [-0.2, 0) is 4.79 Å². The van der Waals surface area contributed by atoms with E-state index < -0.39 is 0 Å². The van der Waals surface area contributed by atoms with E-state index in [0.717, 1.165) is 22.3 Å². The van der Waals surface area contributed by atoms with Gasteiger partial charge in [-0.3, -0.25) is 4.79 Å². The Balaban J connectivity index is 0.00000176. The Morgan fingerprint density at radius 1 is 0.727 bits per heavy atom. The molecule has 1 heterocycles. The summed E-state index contributed by atoms with van der Waals surface area (Å²) in [5.74, 6) is 0.140. The molecule has 2 nitrogen and oxygen atoms in total. The van der Waals surface area contributed by atoms with E-state index in [9.17, 15) is 4.79 Å². The topological polar surface area (TPSA) is 29.1 Å². The molecule has 1 aliphatic rings. The van der Waals surface area contributed by atoms with Gasteiger partial charge in [-0.1, -0.05) is 60.7 Å². The molecular formula is C19H18ClNO. The number of Topliss-reactive ketones (excluding diaryl/α,β-unsaturated/α-hetero) is 1. The molecule has 0 saturated carbocycles. The maximum absolute atomic E-state index is 12.6. The Labute approximate surface area is 137 Å². The molecule has 0 spiro atoms. The molecule has 2 aromatic carbocycles. The van der Waals surface area contributed by atoms with Crippen LogP contribution < -0.4 is 5.32 Å². The number of benzene rings is 2. The molecule has 0 atom stereocenters. The second-order valence-electron chi connectivity index (χ2n) is 5.09. The number of piperidine rings is 1. The smallest absolute Gasteiger partial charge is 0.187 e. The van der Waals surface area contributed by atoms with E-state index in [1.54, 1.807) is 0 Å². The van der Waals surface area contributed by atoms with E-state index in [2.05, 4.69) is 5.32 Å². The Morgan fingerprint density at radius 2 is 1.14 bits per heavy atom. The van der Waals surface area contributed by atoms with Crippen LogP contribution in [0.15, 0.2) is 71.8 Å². The summed E-state index contributed by atoms with van der Waals surface area (Å²) in [5.41, 5.74) is 3.75. The van der Waals surface area contributed by atoms with Crippen molar-refractivity contribution in [1.82, 2.24) is 5.32 Å². The maximum atomic E-state index is 12.6. The lowest BCUT2D eigenvalue weighted by molar-refractivity contribution is -0.112. The Kier molecular flexibility index (Phi) is 5.70. The first-order valence-electron chi connectivity index (χ1n) is 7.09. The largest absolute Gasteiger partial charge is 0.308 e. The summed E-state index contributed by atoms with van der Waals surface area (Å²) in [6.45, 7) is 1.25. The van der Waals surface area contributed by atoms with Crippen molar-refractivity contribution >= 4 is 30.3 Å². The summed E-state index contributed by atoms with van der Waals surface area (Å²) in [7, 11) is 0. The van der Waals surface area contributed by atoms with E-state index in [0.29, 0.717) is 13.1 Å². The first-order valence-corrected chi connectivity index (χ1v) is 7.09. The minimum atomic E-state index is 0. The molecule has 3 heteroatoms. The third-order valence-electron chi connectivity index (χ3n) is 3.50. The van der Waals surface area contributed by atoms with Gasteiger partial charge in [-0.2, -0.15) is 0 Å². The normalized spacial score (nSPS) is 18.3. The lowest BCUT2D eigenvalue weighted by atomic mass is 9.96. The van der Waals surface area contributed by atoms with Gasteiger partial charge in [0.25, 0.3) is 0 Å². The molecule has 3 rings (SSSR count). The van der Waals surface area contributed by atoms with Crippen LogP contribution in [0.1, 0.15) is 11.1 Å². The third kappa shape index (κ3) is 3.94. The fourth-order valence-electron chi connectivity index (χ4n) is 2.43. The number of hydrogen-bond donors (Lipinski definition) is 1. The van der Waals surface area contributed by atoms with Gasteiger partial charge in [0.05, 0.1) is 0 Å². The van der Waals surface area contributed by atoms with E-state index in [-0.39, 0.29) is 18.2 Å². The van der Waals surface area contributed by atoms with Crippen molar-refractivity contribution in [3.63, 3.8) is 0 Å². The van der Waals surface area contributed by atoms with Gasteiger partial charge >= 0.3 is 0 Å². The molecule has 0 radical (unpaired) electrons. The zero-order valence-corrected chi connectivity index (χ0v) is 13.0. The highest BCUT2D eigenvalue weighted by molar-refractivity contribution is 6.14. The molecule has 0 amide bonds. The first-order chi connectivity index (χ1) is 10.3. The third-order valence-corrected chi connectivity index (χ3v) is 3.50. The monoisotopic (exact) mass is 311 g/mol. The summed E-state index contributed by atoms with van der Waals surface area (Å²) in [4.78, 5) is 12.6. The summed E-state index contributed by atoms with van der Waals surface area (Å²) < 4.78 is 0. The van der Waals surface area contributed by atoms with Gasteiger partial charge in [-0.25, -0.2) is 0 Å². The van der Waals surface area contributed by atoms with E-state index in [4.69, 9.17) is 0 Å². The summed E-state index contributed by atoms with van der Waals surface area (Å²) >= 11 is 0. The molecule has 112 valence electrons. The molecule has 1 N–H and O–H groups in total. The molecule has 2 aromatic rings. The van der Waals surface area contributed by atoms with Crippen molar-refractivity contribution in [1.29, 1.82) is 0 Å². The van der Waals surface area contributed by atoms with E-state index in [1.165, 1.54) is 0 Å². The van der Waals surface area contributed by atoms with Gasteiger partial charge in [-0.15, -0.1) is 12.4 Å². The zero-order chi connectivity index (χ0) is 14.5. The summed E-state index contributed by atoms with van der Waals surface area (Å²) in [5, 5.41) is 3.30. The predicted molar refractivity (Wildman–Crippen MR) is 94.0 cm³/mol. The van der Waals surface area contributed by atoms with Crippen LogP contribution in [0.25, 0.3) is 12.2 Å². The molecular weight excluding hydrogens is 294 g/mol. The molecule has 1 fully saturated rings. The lowest BCUT2D eigenvalue weighted by Gasteiger charge is -2.18. The van der Waals surface area contributed by atoms with Crippen LogP contribution in [-0.4, -0.2) is 18.9 Å². The van der Waals surface area contributed by atoms with Gasteiger partial charge in [0.2, 0.25) is 0 Å². The fourth-order valence-corrected chi connectivity index (χ4v) is 2.43. The van der Waals surface area contributed by atoms with Crippen LogP contribution >= 0.6 is 12.4 Å². The van der Waals surface area contributed by atoms with Crippen LogP contribution in [0.4, 0.5) is 0 Å². The number of carbonyl (C=O) groups excluding carboxylic acids is 1. The minimum absolute atomic E-state index is 0. The number of rotatable bonds is 2. The average Bonchev–Trinajstić information content (AvgIpc) is 2.53. The predicted octanol–water partition coefficient (Wildman–Crippen LogP) is 3.75. The van der Waals surface area contributed by atoms with Crippen molar-refractivity contribution in [2.24, 2.45) is 0 Å². The van der Waals surface area contributed by atoms with Crippen molar-refractivity contribution in [3.05, 3.63) is 82.9 Å². The first kappa shape index (κ1) is 16.2. The standard InChI is InChI=1S/C19H17NO.ClH/c21-19-17(11-15-7-3-1-4-8-15)13-20-14-18(19)12-16-9-5-2-6-10-16;/h1-12,20H,13-14H2;1H/b17-11+,18-12+;. The highest BCUT2D eigenvalue weighted by Gasteiger charge is 2.19. The minimum Gasteiger partial charge on any atom is -0.308 e. The highest BCUT2D eigenvalue weighted by atomic mass is 35.5. The second kappa shape index (κ2) is 7.74. The van der Waals surface area contributed by atoms with Gasteiger partial charge < -0.3 is 5.32 Å². The second-order valence-corrected chi connectivity index (χ2v) is 5.09. The summed E-state index contributed by atoms with van der Waals surface area (Å²) in [6, 6.07) is 19.9. The summed E-state index contributed by atoms with van der Waals surface area (Å²) in [6.07, 6.45) is 3.93. The molecule has 0 bridgehead atoms. The Bertz CT molecular complexity index is 630. The number of halogens is 1. The molecule has 0 aliphatic carbocycles.